The average Bonchev–Trinajstić information content (AvgIpc) is 2.70. The number of nitrogens with zero attached hydrogens (tertiary/aromatic N) is 2. The molecule has 8 heteroatoms. The Balaban J connectivity index is 2.02. The van der Waals surface area contributed by atoms with Crippen LogP contribution >= 0.6 is 11.8 Å². The molecule has 30 heavy (non-hydrogen) atoms. The molecule has 158 valence electrons. The number of nitrogen functional groups attached to an aromatic ring is 1. The number of thioether (sulfide) groups is 1. The minimum absolute atomic E-state index is 0.0996. The van der Waals surface area contributed by atoms with Gasteiger partial charge in [0, 0.05) is 28.8 Å². The molecule has 1 aliphatic heterocycles. The molecule has 1 atom stereocenters. The van der Waals surface area contributed by atoms with Gasteiger partial charge >= 0.3 is 0 Å². The first-order chi connectivity index (χ1) is 14.3. The van der Waals surface area contributed by atoms with Crippen LogP contribution in [0, 0.1) is 5.41 Å². The molecule has 0 saturated carbocycles. The number of rotatable bonds is 4. The van der Waals surface area contributed by atoms with Gasteiger partial charge in [-0.2, -0.15) is 0 Å². The van der Waals surface area contributed by atoms with Crippen molar-refractivity contribution >= 4 is 29.2 Å². The Morgan fingerprint density at radius 3 is 2.63 bits per heavy atom. The fourth-order valence-corrected chi connectivity index (χ4v) is 4.83. The zero-order valence-electron chi connectivity index (χ0n) is 17.8. The Bertz CT molecular complexity index is 1060. The number of allylic oxidation sites excluding steroid dienone is 2. The second-order valence-corrected chi connectivity index (χ2v) is 9.11. The van der Waals surface area contributed by atoms with E-state index in [1.807, 2.05) is 24.5 Å². The molecule has 1 aliphatic carbocycles. The summed E-state index contributed by atoms with van der Waals surface area (Å²) in [5.41, 5.74) is 9.40. The Kier molecular flexibility index (Phi) is 5.13. The monoisotopic (exact) mass is 426 g/mol. The number of anilines is 2. The van der Waals surface area contributed by atoms with E-state index in [0.29, 0.717) is 45.8 Å². The Morgan fingerprint density at radius 2 is 1.97 bits per heavy atom. The van der Waals surface area contributed by atoms with E-state index in [9.17, 15) is 4.79 Å². The van der Waals surface area contributed by atoms with Crippen molar-refractivity contribution < 1.29 is 14.3 Å². The Labute approximate surface area is 180 Å². The van der Waals surface area contributed by atoms with Crippen molar-refractivity contribution in [3.63, 3.8) is 0 Å². The Morgan fingerprint density at radius 1 is 1.20 bits per heavy atom. The van der Waals surface area contributed by atoms with Gasteiger partial charge in [-0.25, -0.2) is 9.97 Å². The van der Waals surface area contributed by atoms with Gasteiger partial charge in [-0.15, -0.1) is 0 Å². The predicted molar refractivity (Wildman–Crippen MR) is 118 cm³/mol. The van der Waals surface area contributed by atoms with Crippen LogP contribution in [0.3, 0.4) is 0 Å². The molecule has 3 N–H and O–H groups in total. The number of methoxy groups -OCH3 is 2. The fourth-order valence-electron chi connectivity index (χ4n) is 4.46. The summed E-state index contributed by atoms with van der Waals surface area (Å²) < 4.78 is 11.2. The third-order valence-corrected chi connectivity index (χ3v) is 6.20. The van der Waals surface area contributed by atoms with Crippen LogP contribution < -0.4 is 20.5 Å². The standard InChI is InChI=1S/C22H26N4O3S/c1-22(2)9-12-16(13(27)10-22)15(11-7-6-8-14(28-3)18(11)29-4)17-19(23)25-21(30-5)26-20(17)24-12/h6-8,15H,9-10H2,1-5H3,(H3,23,24,25,26)/t15-/m1/s1. The molecule has 0 amide bonds. The molecule has 2 aliphatic rings. The lowest BCUT2D eigenvalue weighted by molar-refractivity contribution is -0.118. The van der Waals surface area contributed by atoms with Crippen LogP contribution in [-0.2, 0) is 4.79 Å². The van der Waals surface area contributed by atoms with Crippen molar-refractivity contribution in [2.75, 3.05) is 31.5 Å². The minimum Gasteiger partial charge on any atom is -0.493 e. The number of fused-ring (bicyclic) bond motifs is 1. The van der Waals surface area contributed by atoms with Gasteiger partial charge in [0.1, 0.15) is 11.6 Å². The topological polar surface area (TPSA) is 99.4 Å². The molecule has 0 saturated heterocycles. The highest BCUT2D eigenvalue weighted by molar-refractivity contribution is 7.98. The van der Waals surface area contributed by atoms with Crippen molar-refractivity contribution in [2.24, 2.45) is 5.41 Å². The first-order valence-corrected chi connectivity index (χ1v) is 11.0. The van der Waals surface area contributed by atoms with Gasteiger partial charge in [-0.1, -0.05) is 37.7 Å². The molecule has 2 aromatic rings. The highest BCUT2D eigenvalue weighted by atomic mass is 32.2. The number of carbonyl (C=O) groups excluding carboxylic acids is 1. The first kappa shape index (κ1) is 20.5. The average molecular weight is 427 g/mol. The van der Waals surface area contributed by atoms with E-state index >= 15 is 0 Å². The summed E-state index contributed by atoms with van der Waals surface area (Å²) in [6.07, 6.45) is 3.12. The van der Waals surface area contributed by atoms with Crippen LogP contribution in [0.5, 0.6) is 11.5 Å². The summed E-state index contributed by atoms with van der Waals surface area (Å²) in [7, 11) is 3.19. The summed E-state index contributed by atoms with van der Waals surface area (Å²) in [5, 5.41) is 3.99. The number of benzene rings is 1. The summed E-state index contributed by atoms with van der Waals surface area (Å²) in [6.45, 7) is 4.21. The normalized spacial score (nSPS) is 19.6. The van der Waals surface area contributed by atoms with E-state index in [1.54, 1.807) is 14.2 Å². The van der Waals surface area contributed by atoms with Crippen LogP contribution in [0.25, 0.3) is 0 Å². The fraction of sp³-hybridized carbons (Fsp3) is 0.409. The molecule has 0 unspecified atom stereocenters. The zero-order valence-corrected chi connectivity index (χ0v) is 18.6. The van der Waals surface area contributed by atoms with Gasteiger partial charge in [-0.3, -0.25) is 4.79 Å². The SMILES string of the molecule is COc1cccc([C@@H]2C3=C(CC(C)(C)CC3=O)Nc3nc(SC)nc(N)c32)c1OC. The van der Waals surface area contributed by atoms with Gasteiger partial charge < -0.3 is 20.5 Å². The van der Waals surface area contributed by atoms with Gasteiger partial charge in [0.25, 0.3) is 0 Å². The number of nitrogens with one attached hydrogen (secondary N) is 1. The van der Waals surface area contributed by atoms with E-state index in [2.05, 4.69) is 29.1 Å². The van der Waals surface area contributed by atoms with Gasteiger partial charge in [-0.05, 0) is 24.2 Å². The maximum Gasteiger partial charge on any atom is 0.191 e. The van der Waals surface area contributed by atoms with Crippen LogP contribution in [0.2, 0.25) is 0 Å². The van der Waals surface area contributed by atoms with Crippen molar-refractivity contribution in [2.45, 2.75) is 37.8 Å². The number of nitrogens with two attached hydrogens (primary N) is 1. The lowest BCUT2D eigenvalue weighted by Gasteiger charge is -2.39. The molecule has 1 aromatic heterocycles. The van der Waals surface area contributed by atoms with Crippen LogP contribution in [0.15, 0.2) is 34.6 Å². The van der Waals surface area contributed by atoms with E-state index in [0.717, 1.165) is 17.7 Å². The van der Waals surface area contributed by atoms with Crippen molar-refractivity contribution in [3.8, 4) is 11.5 Å². The van der Waals surface area contributed by atoms with Crippen LogP contribution in [0.1, 0.15) is 43.7 Å². The molecule has 0 fully saturated rings. The number of aromatic nitrogens is 2. The number of hydrogen-bond donors (Lipinski definition) is 2. The van der Waals surface area contributed by atoms with Crippen molar-refractivity contribution in [1.29, 1.82) is 0 Å². The number of hydrogen-bond acceptors (Lipinski definition) is 8. The second kappa shape index (κ2) is 7.50. The van der Waals surface area contributed by atoms with Gasteiger partial charge in [0.05, 0.1) is 20.1 Å². The molecule has 7 nitrogen and oxygen atoms in total. The number of ketones is 1. The molecular weight excluding hydrogens is 400 g/mol. The smallest absolute Gasteiger partial charge is 0.191 e. The lowest BCUT2D eigenvalue weighted by atomic mass is 9.69. The molecule has 1 aromatic carbocycles. The molecule has 4 rings (SSSR count). The van der Waals surface area contributed by atoms with E-state index in [4.69, 9.17) is 15.2 Å². The summed E-state index contributed by atoms with van der Waals surface area (Å²) in [6, 6.07) is 5.67. The maximum absolute atomic E-state index is 13.4. The summed E-state index contributed by atoms with van der Waals surface area (Å²) in [4.78, 5) is 22.5. The lowest BCUT2D eigenvalue weighted by Crippen LogP contribution is -2.34. The highest BCUT2D eigenvalue weighted by Crippen LogP contribution is 2.52. The van der Waals surface area contributed by atoms with E-state index in [-0.39, 0.29) is 11.2 Å². The minimum atomic E-state index is -0.430. The molecule has 0 bridgehead atoms. The predicted octanol–water partition coefficient (Wildman–Crippen LogP) is 4.00. The highest BCUT2D eigenvalue weighted by Gasteiger charge is 2.43. The molecular formula is C22H26N4O3S. The zero-order chi connectivity index (χ0) is 21.6. The van der Waals surface area contributed by atoms with Crippen molar-refractivity contribution in [3.05, 3.63) is 40.6 Å². The quantitative estimate of drug-likeness (QED) is 0.559. The maximum atomic E-state index is 13.4. The van der Waals surface area contributed by atoms with Crippen LogP contribution in [-0.4, -0.2) is 36.2 Å². The number of para-hydroxylation sites is 1. The molecule has 0 radical (unpaired) electrons. The van der Waals surface area contributed by atoms with Crippen molar-refractivity contribution in [1.82, 2.24) is 9.97 Å². The van der Waals surface area contributed by atoms with E-state index < -0.39 is 5.92 Å². The third kappa shape index (κ3) is 3.29. The first-order valence-electron chi connectivity index (χ1n) is 9.75. The van der Waals surface area contributed by atoms with Gasteiger partial charge in [0.2, 0.25) is 0 Å². The van der Waals surface area contributed by atoms with Gasteiger partial charge in [0.15, 0.2) is 22.4 Å². The Hall–Kier alpha value is -2.74. The largest absolute Gasteiger partial charge is 0.493 e. The molecule has 2 heterocycles. The number of ether oxygens (including phenoxy) is 2. The van der Waals surface area contributed by atoms with E-state index in [1.165, 1.54) is 11.8 Å². The summed E-state index contributed by atoms with van der Waals surface area (Å²) in [5.74, 6) is 1.85. The second-order valence-electron chi connectivity index (χ2n) is 8.33. The number of Topliss-reactive ketones (excluding diaryl/α,β-unsaturated/α-hetero) is 1. The number of carbonyl (C=O) groups is 1. The van der Waals surface area contributed by atoms with Crippen LogP contribution in [0.4, 0.5) is 11.6 Å². The summed E-state index contributed by atoms with van der Waals surface area (Å²) >= 11 is 1.43. The molecule has 0 spiro atoms. The third-order valence-electron chi connectivity index (χ3n) is 5.65.